The van der Waals surface area contributed by atoms with E-state index in [2.05, 4.69) is 5.10 Å². The van der Waals surface area contributed by atoms with Gasteiger partial charge in [-0.1, -0.05) is 6.07 Å². The lowest BCUT2D eigenvalue weighted by atomic mass is 10.2. The molecular weight excluding hydrogens is 253 g/mol. The zero-order chi connectivity index (χ0) is 14.0. The van der Waals surface area contributed by atoms with E-state index in [1.807, 2.05) is 0 Å². The van der Waals surface area contributed by atoms with Crippen molar-refractivity contribution in [2.24, 2.45) is 0 Å². The molecular formula is C12H12FN3O3. The van der Waals surface area contributed by atoms with Crippen LogP contribution < -0.4 is 10.5 Å². The van der Waals surface area contributed by atoms with E-state index >= 15 is 0 Å². The van der Waals surface area contributed by atoms with Gasteiger partial charge in [-0.25, -0.2) is 9.18 Å². The fourth-order valence-corrected chi connectivity index (χ4v) is 1.68. The number of carboxylic acids is 1. The third-order valence-electron chi connectivity index (χ3n) is 2.55. The topological polar surface area (TPSA) is 90.4 Å². The SMILES string of the molecule is COc1ccc(Cn2cc(N)c(C(=O)O)n2)cc1F. The van der Waals surface area contributed by atoms with E-state index in [0.717, 1.165) is 0 Å². The van der Waals surface area contributed by atoms with Crippen LogP contribution >= 0.6 is 0 Å². The second kappa shape index (κ2) is 4.97. The first-order chi connectivity index (χ1) is 9.01. The minimum Gasteiger partial charge on any atom is -0.494 e. The number of methoxy groups -OCH3 is 1. The zero-order valence-corrected chi connectivity index (χ0v) is 10.1. The normalized spacial score (nSPS) is 10.4. The van der Waals surface area contributed by atoms with Gasteiger partial charge in [-0.3, -0.25) is 4.68 Å². The van der Waals surface area contributed by atoms with Crippen molar-refractivity contribution in [2.45, 2.75) is 6.54 Å². The van der Waals surface area contributed by atoms with Crippen LogP contribution in [0.4, 0.5) is 10.1 Å². The fourth-order valence-electron chi connectivity index (χ4n) is 1.68. The Morgan fingerprint density at radius 1 is 1.58 bits per heavy atom. The maximum atomic E-state index is 13.5. The maximum absolute atomic E-state index is 13.5. The molecule has 100 valence electrons. The van der Waals surface area contributed by atoms with Crippen LogP contribution in [0.1, 0.15) is 16.1 Å². The Kier molecular flexibility index (Phi) is 3.37. The molecule has 0 amide bonds. The number of hydrogen-bond acceptors (Lipinski definition) is 4. The molecule has 0 bridgehead atoms. The van der Waals surface area contributed by atoms with E-state index in [0.29, 0.717) is 5.56 Å². The third kappa shape index (κ3) is 2.65. The van der Waals surface area contributed by atoms with Gasteiger partial charge < -0.3 is 15.6 Å². The number of nitrogen functional groups attached to an aromatic ring is 1. The van der Waals surface area contributed by atoms with Crippen molar-refractivity contribution in [1.82, 2.24) is 9.78 Å². The molecule has 0 atom stereocenters. The third-order valence-corrected chi connectivity index (χ3v) is 2.55. The van der Waals surface area contributed by atoms with E-state index in [1.165, 1.54) is 30.1 Å². The number of aromatic carboxylic acids is 1. The standard InChI is InChI=1S/C12H12FN3O3/c1-19-10-3-2-7(4-8(10)13)5-16-6-9(14)11(15-16)12(17)18/h2-4,6H,5,14H2,1H3,(H,17,18). The highest BCUT2D eigenvalue weighted by atomic mass is 19.1. The molecule has 0 saturated carbocycles. The van der Waals surface area contributed by atoms with Gasteiger partial charge in [0.1, 0.15) is 0 Å². The summed E-state index contributed by atoms with van der Waals surface area (Å²) in [6.45, 7) is 0.221. The molecule has 0 unspecified atom stereocenters. The number of nitrogens with two attached hydrogens (primary N) is 1. The van der Waals surface area contributed by atoms with Crippen molar-refractivity contribution < 1.29 is 19.0 Å². The Bertz CT molecular complexity index is 625. The van der Waals surface area contributed by atoms with E-state index in [-0.39, 0.29) is 23.7 Å². The Labute approximate surface area is 108 Å². The summed E-state index contributed by atoms with van der Waals surface area (Å²) in [6.07, 6.45) is 1.39. The molecule has 0 aliphatic heterocycles. The van der Waals surface area contributed by atoms with Crippen LogP contribution in [0.5, 0.6) is 5.75 Å². The average Bonchev–Trinajstić information content (AvgIpc) is 2.70. The molecule has 6 nitrogen and oxygen atoms in total. The average molecular weight is 265 g/mol. The lowest BCUT2D eigenvalue weighted by molar-refractivity contribution is 0.0690. The van der Waals surface area contributed by atoms with Crippen LogP contribution in [0.25, 0.3) is 0 Å². The maximum Gasteiger partial charge on any atom is 0.358 e. The van der Waals surface area contributed by atoms with Crippen molar-refractivity contribution >= 4 is 11.7 Å². The highest BCUT2D eigenvalue weighted by molar-refractivity contribution is 5.91. The Hall–Kier alpha value is -2.57. The minimum atomic E-state index is -1.20. The van der Waals surface area contributed by atoms with Gasteiger partial charge in [0.15, 0.2) is 17.3 Å². The van der Waals surface area contributed by atoms with E-state index in [4.69, 9.17) is 15.6 Å². The molecule has 7 heteroatoms. The Morgan fingerprint density at radius 3 is 2.84 bits per heavy atom. The summed E-state index contributed by atoms with van der Waals surface area (Å²) in [5.74, 6) is -1.54. The van der Waals surface area contributed by atoms with Crippen LogP contribution in [0.2, 0.25) is 0 Å². The summed E-state index contributed by atoms with van der Waals surface area (Å²) < 4.78 is 19.6. The predicted molar refractivity (Wildman–Crippen MR) is 65.7 cm³/mol. The molecule has 1 heterocycles. The number of anilines is 1. The predicted octanol–water partition coefficient (Wildman–Crippen LogP) is 1.36. The monoisotopic (exact) mass is 265 g/mol. The summed E-state index contributed by atoms with van der Waals surface area (Å²) in [6, 6.07) is 4.47. The number of carbonyl (C=O) groups is 1. The first-order valence-corrected chi connectivity index (χ1v) is 5.40. The van der Waals surface area contributed by atoms with Gasteiger partial charge in [0.25, 0.3) is 0 Å². The van der Waals surface area contributed by atoms with Gasteiger partial charge in [-0.05, 0) is 17.7 Å². The van der Waals surface area contributed by atoms with Gasteiger partial charge in [0, 0.05) is 6.20 Å². The number of carboxylic acid groups (broad SMARTS) is 1. The molecule has 2 rings (SSSR count). The lowest BCUT2D eigenvalue weighted by Crippen LogP contribution is -2.05. The molecule has 0 saturated heterocycles. The van der Waals surface area contributed by atoms with Gasteiger partial charge in [0.05, 0.1) is 19.3 Å². The second-order valence-electron chi connectivity index (χ2n) is 3.90. The van der Waals surface area contributed by atoms with E-state index < -0.39 is 11.8 Å². The molecule has 0 spiro atoms. The summed E-state index contributed by atoms with van der Waals surface area (Å²) in [5, 5.41) is 12.6. The molecule has 1 aromatic heterocycles. The van der Waals surface area contributed by atoms with Crippen molar-refractivity contribution in [2.75, 3.05) is 12.8 Å². The molecule has 0 fully saturated rings. The molecule has 0 aliphatic rings. The van der Waals surface area contributed by atoms with Crippen molar-refractivity contribution in [3.8, 4) is 5.75 Å². The first kappa shape index (κ1) is 12.9. The van der Waals surface area contributed by atoms with E-state index in [9.17, 15) is 9.18 Å². The van der Waals surface area contributed by atoms with Crippen LogP contribution in [-0.4, -0.2) is 28.0 Å². The molecule has 0 radical (unpaired) electrons. The summed E-state index contributed by atoms with van der Waals surface area (Å²) in [5.41, 5.74) is 5.99. The highest BCUT2D eigenvalue weighted by Crippen LogP contribution is 2.18. The molecule has 0 aliphatic carbocycles. The highest BCUT2D eigenvalue weighted by Gasteiger charge is 2.13. The van der Waals surface area contributed by atoms with Crippen LogP contribution in [0.3, 0.4) is 0 Å². The number of nitrogens with zero attached hydrogens (tertiary/aromatic N) is 2. The first-order valence-electron chi connectivity index (χ1n) is 5.40. The number of benzene rings is 1. The molecule has 2 aromatic rings. The van der Waals surface area contributed by atoms with Crippen molar-refractivity contribution in [3.05, 3.63) is 41.5 Å². The number of hydrogen-bond donors (Lipinski definition) is 2. The lowest BCUT2D eigenvalue weighted by Gasteiger charge is -2.05. The van der Waals surface area contributed by atoms with Gasteiger partial charge in [0.2, 0.25) is 0 Å². The van der Waals surface area contributed by atoms with Gasteiger partial charge in [-0.15, -0.1) is 0 Å². The summed E-state index contributed by atoms with van der Waals surface area (Å²) in [7, 11) is 1.38. The van der Waals surface area contributed by atoms with E-state index in [1.54, 1.807) is 6.07 Å². The Morgan fingerprint density at radius 2 is 2.32 bits per heavy atom. The fraction of sp³-hybridized carbons (Fsp3) is 0.167. The van der Waals surface area contributed by atoms with Crippen molar-refractivity contribution in [3.63, 3.8) is 0 Å². The van der Waals surface area contributed by atoms with Crippen LogP contribution in [-0.2, 0) is 6.54 Å². The number of ether oxygens (including phenoxy) is 1. The minimum absolute atomic E-state index is 0.0708. The Balaban J connectivity index is 2.24. The van der Waals surface area contributed by atoms with Crippen LogP contribution in [0.15, 0.2) is 24.4 Å². The number of rotatable bonds is 4. The second-order valence-corrected chi connectivity index (χ2v) is 3.90. The van der Waals surface area contributed by atoms with Gasteiger partial charge >= 0.3 is 5.97 Å². The quantitative estimate of drug-likeness (QED) is 0.871. The smallest absolute Gasteiger partial charge is 0.358 e. The summed E-state index contributed by atoms with van der Waals surface area (Å²) >= 11 is 0. The number of aromatic nitrogens is 2. The molecule has 19 heavy (non-hydrogen) atoms. The largest absolute Gasteiger partial charge is 0.494 e. The van der Waals surface area contributed by atoms with Crippen molar-refractivity contribution in [1.29, 1.82) is 0 Å². The van der Waals surface area contributed by atoms with Gasteiger partial charge in [-0.2, -0.15) is 5.10 Å². The van der Waals surface area contributed by atoms with Crippen LogP contribution in [0, 0.1) is 5.82 Å². The molecule has 3 N–H and O–H groups in total. The summed E-state index contributed by atoms with van der Waals surface area (Å²) in [4.78, 5) is 10.8. The molecule has 1 aromatic carbocycles. The zero-order valence-electron chi connectivity index (χ0n) is 10.1. The number of halogens is 1.